The Kier molecular flexibility index (Phi) is 4.31. The average Bonchev–Trinajstić information content (AvgIpc) is 3.32. The van der Waals surface area contributed by atoms with Gasteiger partial charge >= 0.3 is 0 Å². The molecule has 1 N–H and O–H groups in total. The van der Waals surface area contributed by atoms with Gasteiger partial charge in [0.1, 0.15) is 5.52 Å². The zero-order chi connectivity index (χ0) is 19.3. The Morgan fingerprint density at radius 1 is 1.26 bits per heavy atom. The minimum absolute atomic E-state index is 0.371. The number of nitrogens with zero attached hydrogens (tertiary/aromatic N) is 3. The van der Waals surface area contributed by atoms with Crippen molar-refractivity contribution in [3.63, 3.8) is 0 Å². The molecule has 1 saturated carbocycles. The summed E-state index contributed by atoms with van der Waals surface area (Å²) in [5, 5.41) is 8.81. The molecule has 2 heterocycles. The van der Waals surface area contributed by atoms with Crippen LogP contribution in [0.25, 0.3) is 22.0 Å². The molecular formula is C20H24N4O2S. The summed E-state index contributed by atoms with van der Waals surface area (Å²) in [6, 6.07) is 5.55. The van der Waals surface area contributed by atoms with Gasteiger partial charge in [-0.05, 0) is 51.1 Å². The van der Waals surface area contributed by atoms with Crippen LogP contribution >= 0.6 is 0 Å². The zero-order valence-electron chi connectivity index (χ0n) is 16.1. The number of pyridine rings is 1. The predicted molar refractivity (Wildman–Crippen MR) is 107 cm³/mol. The van der Waals surface area contributed by atoms with Gasteiger partial charge in [0.05, 0.1) is 16.8 Å². The number of aryl methyl sites for hydroxylation is 1. The number of hydrogen-bond acceptors (Lipinski definition) is 5. The number of aromatic nitrogens is 3. The van der Waals surface area contributed by atoms with E-state index in [1.54, 1.807) is 6.07 Å². The third kappa shape index (κ3) is 3.37. The molecule has 0 bridgehead atoms. The second kappa shape index (κ2) is 6.42. The van der Waals surface area contributed by atoms with Crippen molar-refractivity contribution >= 4 is 20.7 Å². The quantitative estimate of drug-likeness (QED) is 0.730. The lowest BCUT2D eigenvalue weighted by molar-refractivity contribution is 0.398. The maximum Gasteiger partial charge on any atom is 0.175 e. The first-order valence-corrected chi connectivity index (χ1v) is 11.0. The molecule has 0 aliphatic heterocycles. The summed E-state index contributed by atoms with van der Waals surface area (Å²) < 4.78 is 24.0. The van der Waals surface area contributed by atoms with Gasteiger partial charge in [0.25, 0.3) is 0 Å². The van der Waals surface area contributed by atoms with E-state index in [2.05, 4.69) is 20.1 Å². The molecule has 0 unspecified atom stereocenters. The topological polar surface area (TPSA) is 79.0 Å². The van der Waals surface area contributed by atoms with Crippen LogP contribution in [0.4, 0.5) is 0 Å². The second-order valence-corrected chi connectivity index (χ2v) is 9.73. The van der Waals surface area contributed by atoms with Crippen LogP contribution in [0.5, 0.6) is 0 Å². The molecule has 4 rings (SSSR count). The Labute approximate surface area is 159 Å². The van der Waals surface area contributed by atoms with E-state index in [1.165, 1.54) is 24.8 Å². The first-order valence-electron chi connectivity index (χ1n) is 9.07. The minimum Gasteiger partial charge on any atom is -0.304 e. The van der Waals surface area contributed by atoms with Crippen LogP contribution in [-0.4, -0.2) is 48.9 Å². The van der Waals surface area contributed by atoms with Crippen LogP contribution < -0.4 is 0 Å². The maximum absolute atomic E-state index is 12.0. The molecule has 7 heteroatoms. The zero-order valence-corrected chi connectivity index (χ0v) is 16.9. The second-order valence-electron chi connectivity index (χ2n) is 7.74. The summed E-state index contributed by atoms with van der Waals surface area (Å²) >= 11 is 0. The van der Waals surface area contributed by atoms with Crippen molar-refractivity contribution in [3.05, 3.63) is 41.3 Å². The number of sulfone groups is 1. The van der Waals surface area contributed by atoms with Crippen LogP contribution in [0.3, 0.4) is 0 Å². The summed E-state index contributed by atoms with van der Waals surface area (Å²) in [5.41, 5.74) is 5.80. The molecule has 0 spiro atoms. The third-order valence-electron chi connectivity index (χ3n) is 5.02. The number of nitrogens with one attached hydrogen (secondary N) is 1. The van der Waals surface area contributed by atoms with Crippen molar-refractivity contribution in [3.8, 4) is 11.1 Å². The van der Waals surface area contributed by atoms with Crippen LogP contribution in [0, 0.1) is 6.92 Å². The molecule has 2 aromatic heterocycles. The minimum atomic E-state index is -3.25. The lowest BCUT2D eigenvalue weighted by Crippen LogP contribution is -2.13. The predicted octanol–water partition coefficient (Wildman–Crippen LogP) is 3.28. The van der Waals surface area contributed by atoms with E-state index < -0.39 is 9.84 Å². The largest absolute Gasteiger partial charge is 0.304 e. The molecule has 1 aliphatic carbocycles. The average molecular weight is 385 g/mol. The van der Waals surface area contributed by atoms with E-state index in [0.717, 1.165) is 33.3 Å². The van der Waals surface area contributed by atoms with Gasteiger partial charge in [-0.25, -0.2) is 8.42 Å². The third-order valence-corrected chi connectivity index (χ3v) is 6.28. The molecule has 1 aromatic carbocycles. The van der Waals surface area contributed by atoms with Gasteiger partial charge in [0.2, 0.25) is 0 Å². The van der Waals surface area contributed by atoms with Gasteiger partial charge < -0.3 is 4.90 Å². The van der Waals surface area contributed by atoms with Gasteiger partial charge in [-0.1, -0.05) is 12.1 Å². The highest BCUT2D eigenvalue weighted by Crippen LogP contribution is 2.45. The molecule has 0 radical (unpaired) electrons. The molecule has 6 nitrogen and oxygen atoms in total. The van der Waals surface area contributed by atoms with Crippen molar-refractivity contribution in [2.45, 2.75) is 37.1 Å². The van der Waals surface area contributed by atoms with Gasteiger partial charge in [0.15, 0.2) is 9.84 Å². The summed E-state index contributed by atoms with van der Waals surface area (Å²) in [5.74, 6) is 0.528. The molecule has 0 amide bonds. The van der Waals surface area contributed by atoms with Gasteiger partial charge in [-0.2, -0.15) is 5.10 Å². The summed E-state index contributed by atoms with van der Waals surface area (Å²) in [6.07, 6.45) is 5.43. The smallest absolute Gasteiger partial charge is 0.175 e. The Morgan fingerprint density at radius 3 is 2.59 bits per heavy atom. The first kappa shape index (κ1) is 18.1. The summed E-state index contributed by atoms with van der Waals surface area (Å²) in [7, 11) is 0.790. The number of aromatic amines is 1. The number of fused-ring (bicyclic) bond motifs is 1. The monoisotopic (exact) mass is 384 g/mol. The lowest BCUT2D eigenvalue weighted by atomic mass is 9.96. The van der Waals surface area contributed by atoms with E-state index >= 15 is 0 Å². The van der Waals surface area contributed by atoms with Crippen molar-refractivity contribution < 1.29 is 8.42 Å². The number of hydrogen-bond donors (Lipinski definition) is 1. The van der Waals surface area contributed by atoms with Crippen molar-refractivity contribution in [2.75, 3.05) is 20.4 Å². The fourth-order valence-electron chi connectivity index (χ4n) is 3.69. The summed E-state index contributed by atoms with van der Waals surface area (Å²) in [6.45, 7) is 2.55. The SMILES string of the molecule is Cc1cc(-c2c(CN(C)C)ncc3n[nH]c(C4CC4)c23)ccc1S(C)(=O)=O. The van der Waals surface area contributed by atoms with Crippen molar-refractivity contribution in [2.24, 2.45) is 0 Å². The van der Waals surface area contributed by atoms with Crippen LogP contribution in [-0.2, 0) is 16.4 Å². The molecule has 3 aromatic rings. The van der Waals surface area contributed by atoms with E-state index in [-0.39, 0.29) is 0 Å². The standard InChI is InChI=1S/C20H24N4O2S/c1-12-9-14(7-8-17(12)27(4,25)26)18-16(11-24(2)3)21-10-15-19(18)20(23-22-15)13-5-6-13/h7-10,13H,5-6,11H2,1-4H3,(H,22,23). The van der Waals surface area contributed by atoms with Gasteiger partial charge in [-0.15, -0.1) is 0 Å². The molecule has 1 fully saturated rings. The molecule has 27 heavy (non-hydrogen) atoms. The maximum atomic E-state index is 12.0. The van der Waals surface area contributed by atoms with Crippen molar-refractivity contribution in [1.29, 1.82) is 0 Å². The number of H-pyrrole nitrogens is 1. The van der Waals surface area contributed by atoms with E-state index in [4.69, 9.17) is 0 Å². The first-order chi connectivity index (χ1) is 12.8. The van der Waals surface area contributed by atoms with Crippen LogP contribution in [0.2, 0.25) is 0 Å². The molecule has 1 aliphatic rings. The highest BCUT2D eigenvalue weighted by Gasteiger charge is 2.30. The lowest BCUT2D eigenvalue weighted by Gasteiger charge is -2.16. The van der Waals surface area contributed by atoms with E-state index in [9.17, 15) is 8.42 Å². The molecular weight excluding hydrogens is 360 g/mol. The van der Waals surface area contributed by atoms with E-state index in [1.807, 2.05) is 39.3 Å². The van der Waals surface area contributed by atoms with E-state index in [0.29, 0.717) is 17.4 Å². The number of benzene rings is 1. The fourth-order valence-corrected chi connectivity index (χ4v) is 4.65. The summed E-state index contributed by atoms with van der Waals surface area (Å²) in [4.78, 5) is 7.13. The highest BCUT2D eigenvalue weighted by molar-refractivity contribution is 7.90. The Bertz CT molecular complexity index is 1130. The molecule has 0 saturated heterocycles. The number of rotatable bonds is 5. The van der Waals surface area contributed by atoms with Gasteiger partial charge in [-0.3, -0.25) is 10.1 Å². The van der Waals surface area contributed by atoms with Gasteiger partial charge in [0, 0.05) is 35.4 Å². The molecule has 142 valence electrons. The van der Waals surface area contributed by atoms with Crippen LogP contribution in [0.1, 0.15) is 35.7 Å². The Hall–Kier alpha value is -2.25. The molecule has 0 atom stereocenters. The van der Waals surface area contributed by atoms with Crippen molar-refractivity contribution in [1.82, 2.24) is 20.1 Å². The fraction of sp³-hybridized carbons (Fsp3) is 0.400. The van der Waals surface area contributed by atoms with Crippen LogP contribution in [0.15, 0.2) is 29.3 Å². The highest BCUT2D eigenvalue weighted by atomic mass is 32.2. The Morgan fingerprint density at radius 2 is 2.00 bits per heavy atom. The Balaban J connectivity index is 1.98. The normalized spacial score (nSPS) is 15.0.